The fourth-order valence-electron chi connectivity index (χ4n) is 3.07. The van der Waals surface area contributed by atoms with Gasteiger partial charge in [0.15, 0.2) is 6.10 Å². The minimum atomic E-state index is -1.04. The molecule has 1 atom stereocenters. The van der Waals surface area contributed by atoms with Gasteiger partial charge in [-0.2, -0.15) is 0 Å². The van der Waals surface area contributed by atoms with E-state index in [1.807, 2.05) is 6.07 Å². The van der Waals surface area contributed by atoms with Gasteiger partial charge in [-0.3, -0.25) is 4.79 Å². The smallest absolute Gasteiger partial charge is 0.334 e. The van der Waals surface area contributed by atoms with Crippen LogP contribution in [0, 0.1) is 0 Å². The molecule has 0 bridgehead atoms. The SMILES string of the molecule is O=C(O)[C@@H]1CN(C(=O)c2cccc(OC3CCCC3)c2)CCO1. The Kier molecular flexibility index (Phi) is 4.81. The van der Waals surface area contributed by atoms with E-state index in [2.05, 4.69) is 0 Å². The van der Waals surface area contributed by atoms with Gasteiger partial charge in [0, 0.05) is 12.1 Å². The summed E-state index contributed by atoms with van der Waals surface area (Å²) in [4.78, 5) is 25.1. The maximum Gasteiger partial charge on any atom is 0.334 e. The van der Waals surface area contributed by atoms with Crippen molar-refractivity contribution in [3.05, 3.63) is 29.8 Å². The standard InChI is InChI=1S/C17H21NO5/c19-16(18-8-9-22-15(11-18)17(20)21)12-4-3-7-14(10-12)23-13-5-1-2-6-13/h3-4,7,10,13,15H,1-2,5-6,8-9,11H2,(H,20,21)/t15-/m0/s1. The van der Waals surface area contributed by atoms with Crippen molar-refractivity contribution in [3.63, 3.8) is 0 Å². The number of benzene rings is 1. The number of rotatable bonds is 4. The number of carbonyl (C=O) groups is 2. The number of amides is 1. The largest absolute Gasteiger partial charge is 0.490 e. The number of nitrogens with zero attached hydrogens (tertiary/aromatic N) is 1. The molecule has 1 aromatic carbocycles. The Morgan fingerprint density at radius 3 is 2.78 bits per heavy atom. The second kappa shape index (κ2) is 7.00. The van der Waals surface area contributed by atoms with Crippen molar-refractivity contribution in [2.45, 2.75) is 37.9 Å². The zero-order chi connectivity index (χ0) is 16.2. The number of carboxylic acid groups (broad SMARTS) is 1. The van der Waals surface area contributed by atoms with Crippen LogP contribution in [0.1, 0.15) is 36.0 Å². The van der Waals surface area contributed by atoms with Gasteiger partial charge >= 0.3 is 5.97 Å². The van der Waals surface area contributed by atoms with Crippen LogP contribution in [0.3, 0.4) is 0 Å². The average molecular weight is 319 g/mol. The number of hydrogen-bond donors (Lipinski definition) is 1. The molecule has 3 rings (SSSR count). The molecule has 6 heteroatoms. The summed E-state index contributed by atoms with van der Waals surface area (Å²) in [6.45, 7) is 0.708. The van der Waals surface area contributed by atoms with Crippen LogP contribution < -0.4 is 4.74 Å². The van der Waals surface area contributed by atoms with E-state index in [0.29, 0.717) is 17.9 Å². The van der Waals surface area contributed by atoms with Gasteiger partial charge in [-0.15, -0.1) is 0 Å². The zero-order valence-corrected chi connectivity index (χ0v) is 12.9. The van der Waals surface area contributed by atoms with Gasteiger partial charge < -0.3 is 19.5 Å². The number of ether oxygens (including phenoxy) is 2. The maximum atomic E-state index is 12.6. The Morgan fingerprint density at radius 2 is 2.04 bits per heavy atom. The lowest BCUT2D eigenvalue weighted by Crippen LogP contribution is -2.48. The van der Waals surface area contributed by atoms with E-state index in [-0.39, 0.29) is 25.2 Å². The van der Waals surface area contributed by atoms with E-state index in [4.69, 9.17) is 14.6 Å². The van der Waals surface area contributed by atoms with Gasteiger partial charge in [-0.25, -0.2) is 4.79 Å². The molecule has 0 aromatic heterocycles. The molecule has 1 saturated heterocycles. The zero-order valence-electron chi connectivity index (χ0n) is 12.9. The van der Waals surface area contributed by atoms with Crippen LogP contribution in [0.2, 0.25) is 0 Å². The summed E-state index contributed by atoms with van der Waals surface area (Å²) in [6, 6.07) is 7.13. The van der Waals surface area contributed by atoms with Crippen molar-refractivity contribution < 1.29 is 24.2 Å². The van der Waals surface area contributed by atoms with Gasteiger partial charge in [0.1, 0.15) is 5.75 Å². The summed E-state index contributed by atoms with van der Waals surface area (Å²) >= 11 is 0. The molecule has 1 heterocycles. The highest BCUT2D eigenvalue weighted by Crippen LogP contribution is 2.25. The first-order valence-electron chi connectivity index (χ1n) is 8.04. The lowest BCUT2D eigenvalue weighted by atomic mass is 10.1. The summed E-state index contributed by atoms with van der Waals surface area (Å²) in [6.07, 6.45) is 3.77. The first-order chi connectivity index (χ1) is 11.1. The summed E-state index contributed by atoms with van der Waals surface area (Å²) in [5.41, 5.74) is 0.520. The molecule has 1 aromatic rings. The van der Waals surface area contributed by atoms with E-state index in [1.165, 1.54) is 17.7 Å². The molecule has 0 unspecified atom stereocenters. The molecule has 1 amide bonds. The third-order valence-electron chi connectivity index (χ3n) is 4.32. The number of morpholine rings is 1. The normalized spacial score (nSPS) is 22.1. The van der Waals surface area contributed by atoms with Crippen LogP contribution in [0.5, 0.6) is 5.75 Å². The minimum Gasteiger partial charge on any atom is -0.490 e. The third-order valence-corrected chi connectivity index (χ3v) is 4.32. The second-order valence-electron chi connectivity index (χ2n) is 6.00. The summed E-state index contributed by atoms with van der Waals surface area (Å²) in [5.74, 6) is -0.525. The Hall–Kier alpha value is -2.08. The molecule has 23 heavy (non-hydrogen) atoms. The first kappa shape index (κ1) is 15.8. The van der Waals surface area contributed by atoms with Gasteiger partial charge in [-0.1, -0.05) is 6.07 Å². The average Bonchev–Trinajstić information content (AvgIpc) is 3.07. The molecular formula is C17H21NO5. The molecule has 6 nitrogen and oxygen atoms in total. The van der Waals surface area contributed by atoms with Crippen molar-refractivity contribution in [2.24, 2.45) is 0 Å². The van der Waals surface area contributed by atoms with E-state index < -0.39 is 12.1 Å². The van der Waals surface area contributed by atoms with Crippen LogP contribution in [0.15, 0.2) is 24.3 Å². The second-order valence-corrected chi connectivity index (χ2v) is 6.00. The molecule has 1 aliphatic heterocycles. The molecule has 0 radical (unpaired) electrons. The van der Waals surface area contributed by atoms with E-state index in [0.717, 1.165) is 12.8 Å². The Balaban J connectivity index is 1.67. The molecule has 124 valence electrons. The molecule has 1 saturated carbocycles. The van der Waals surface area contributed by atoms with Crippen LogP contribution in [0.4, 0.5) is 0 Å². The van der Waals surface area contributed by atoms with Gasteiger partial charge in [0.25, 0.3) is 5.91 Å². The molecule has 1 N–H and O–H groups in total. The maximum absolute atomic E-state index is 12.6. The highest BCUT2D eigenvalue weighted by Gasteiger charge is 2.29. The predicted octanol–water partition coefficient (Wildman–Crippen LogP) is 1.93. The highest BCUT2D eigenvalue weighted by atomic mass is 16.5. The van der Waals surface area contributed by atoms with Gasteiger partial charge in [0.05, 0.1) is 19.3 Å². The highest BCUT2D eigenvalue weighted by molar-refractivity contribution is 5.95. The topological polar surface area (TPSA) is 76.1 Å². The number of aliphatic carboxylic acids is 1. The molecule has 2 aliphatic rings. The van der Waals surface area contributed by atoms with E-state index in [9.17, 15) is 9.59 Å². The summed E-state index contributed by atoms with van der Waals surface area (Å²) in [7, 11) is 0. The van der Waals surface area contributed by atoms with Crippen molar-refractivity contribution in [1.29, 1.82) is 0 Å². The Morgan fingerprint density at radius 1 is 1.26 bits per heavy atom. The first-order valence-corrected chi connectivity index (χ1v) is 8.04. The molecular weight excluding hydrogens is 298 g/mol. The molecule has 2 fully saturated rings. The van der Waals surface area contributed by atoms with Crippen molar-refractivity contribution in [1.82, 2.24) is 4.90 Å². The number of carbonyl (C=O) groups excluding carboxylic acids is 1. The lowest BCUT2D eigenvalue weighted by molar-refractivity contribution is -0.154. The van der Waals surface area contributed by atoms with Gasteiger partial charge in [-0.05, 0) is 43.9 Å². The van der Waals surface area contributed by atoms with Crippen molar-refractivity contribution >= 4 is 11.9 Å². The Bertz CT molecular complexity index is 582. The third kappa shape index (κ3) is 3.82. The minimum absolute atomic E-state index is 0.0713. The van der Waals surface area contributed by atoms with Gasteiger partial charge in [0.2, 0.25) is 0 Å². The molecule has 0 spiro atoms. The summed E-state index contributed by atoms with van der Waals surface area (Å²) in [5, 5.41) is 9.03. The quantitative estimate of drug-likeness (QED) is 0.918. The van der Waals surface area contributed by atoms with Crippen LogP contribution in [-0.2, 0) is 9.53 Å². The van der Waals surface area contributed by atoms with E-state index in [1.54, 1.807) is 18.2 Å². The predicted molar refractivity (Wildman–Crippen MR) is 82.6 cm³/mol. The molecule has 1 aliphatic carbocycles. The fraction of sp³-hybridized carbons (Fsp3) is 0.529. The lowest BCUT2D eigenvalue weighted by Gasteiger charge is -2.31. The van der Waals surface area contributed by atoms with Crippen LogP contribution in [0.25, 0.3) is 0 Å². The Labute approximate surface area is 135 Å². The monoisotopic (exact) mass is 319 g/mol. The summed E-state index contributed by atoms with van der Waals surface area (Å²) < 4.78 is 11.1. The van der Waals surface area contributed by atoms with Crippen molar-refractivity contribution in [2.75, 3.05) is 19.7 Å². The van der Waals surface area contributed by atoms with Crippen molar-refractivity contribution in [3.8, 4) is 5.75 Å². The number of hydrogen-bond acceptors (Lipinski definition) is 4. The van der Waals surface area contributed by atoms with Crippen LogP contribution in [-0.4, -0.2) is 53.8 Å². The fourth-order valence-corrected chi connectivity index (χ4v) is 3.07. The number of carboxylic acids is 1. The van der Waals surface area contributed by atoms with Crippen LogP contribution >= 0.6 is 0 Å². The van der Waals surface area contributed by atoms with E-state index >= 15 is 0 Å².